The van der Waals surface area contributed by atoms with Crippen LogP contribution in [0, 0.1) is 0 Å². The first-order chi connectivity index (χ1) is 11.7. The first-order valence-corrected chi connectivity index (χ1v) is 9.15. The number of nitrogens with one attached hydrogen (secondary N) is 1. The van der Waals surface area contributed by atoms with Gasteiger partial charge in [-0.15, -0.1) is 0 Å². The Morgan fingerprint density at radius 1 is 1.38 bits per heavy atom. The van der Waals surface area contributed by atoms with Gasteiger partial charge in [-0.05, 0) is 30.6 Å². The van der Waals surface area contributed by atoms with Gasteiger partial charge in [0.2, 0.25) is 5.95 Å². The van der Waals surface area contributed by atoms with E-state index in [0.717, 1.165) is 16.8 Å². The van der Waals surface area contributed by atoms with Crippen molar-refractivity contribution < 1.29 is 14.3 Å². The Morgan fingerprint density at radius 2 is 2.17 bits per heavy atom. The topological polar surface area (TPSA) is 76.5 Å². The Hall–Kier alpha value is -2.22. The van der Waals surface area contributed by atoms with E-state index in [9.17, 15) is 9.59 Å². The number of hydrogen-bond donors (Lipinski definition) is 1. The second-order valence-electron chi connectivity index (χ2n) is 5.51. The van der Waals surface area contributed by atoms with Gasteiger partial charge < -0.3 is 14.6 Å². The Bertz CT molecular complexity index is 761. The number of aromatic nitrogens is 2. The molecule has 0 bridgehead atoms. The zero-order valence-electron chi connectivity index (χ0n) is 13.7. The molecule has 1 aliphatic heterocycles. The number of imidazole rings is 1. The lowest BCUT2D eigenvalue weighted by Gasteiger charge is -2.20. The van der Waals surface area contributed by atoms with Gasteiger partial charge in [-0.3, -0.25) is 4.90 Å². The Labute approximate surface area is 144 Å². The van der Waals surface area contributed by atoms with Crippen LogP contribution in [0.5, 0.6) is 0 Å². The van der Waals surface area contributed by atoms with Crippen molar-refractivity contribution in [3.8, 4) is 0 Å². The minimum absolute atomic E-state index is 0.319. The number of anilines is 1. The van der Waals surface area contributed by atoms with E-state index in [4.69, 9.17) is 4.74 Å². The number of para-hydroxylation sites is 2. The highest BCUT2D eigenvalue weighted by molar-refractivity contribution is 7.98. The summed E-state index contributed by atoms with van der Waals surface area (Å²) in [5, 5.41) is 2.78. The van der Waals surface area contributed by atoms with Crippen molar-refractivity contribution in [2.24, 2.45) is 0 Å². The molecule has 8 heteroatoms. The first-order valence-electron chi connectivity index (χ1n) is 7.75. The number of ether oxygens (including phenoxy) is 1. The van der Waals surface area contributed by atoms with Gasteiger partial charge >= 0.3 is 12.0 Å². The highest BCUT2D eigenvalue weighted by atomic mass is 32.2. The van der Waals surface area contributed by atoms with Crippen LogP contribution in [-0.2, 0) is 16.1 Å². The maximum atomic E-state index is 12.6. The predicted molar refractivity (Wildman–Crippen MR) is 94.4 cm³/mol. The van der Waals surface area contributed by atoms with Crippen molar-refractivity contribution in [2.45, 2.75) is 19.0 Å². The summed E-state index contributed by atoms with van der Waals surface area (Å²) in [4.78, 5) is 30.6. The minimum atomic E-state index is -0.645. The fourth-order valence-electron chi connectivity index (χ4n) is 2.84. The number of amides is 2. The zero-order chi connectivity index (χ0) is 17.1. The third-order valence-electron chi connectivity index (χ3n) is 4.06. The highest BCUT2D eigenvalue weighted by Gasteiger charge is 2.31. The normalized spacial score (nSPS) is 14.5. The van der Waals surface area contributed by atoms with Crippen LogP contribution in [0.1, 0.15) is 6.42 Å². The fourth-order valence-corrected chi connectivity index (χ4v) is 3.31. The zero-order valence-corrected chi connectivity index (χ0v) is 14.5. The molecule has 1 atom stereocenters. The largest absolute Gasteiger partial charge is 0.467 e. The van der Waals surface area contributed by atoms with E-state index in [1.807, 2.05) is 35.1 Å². The maximum Gasteiger partial charge on any atom is 0.328 e. The van der Waals surface area contributed by atoms with Gasteiger partial charge in [0.15, 0.2) is 0 Å². The number of carbonyl (C=O) groups excluding carboxylic acids is 2. The number of benzene rings is 1. The second kappa shape index (κ2) is 7.12. The lowest BCUT2D eigenvalue weighted by atomic mass is 10.2. The molecule has 7 nitrogen and oxygen atoms in total. The fraction of sp³-hybridized carbons (Fsp3) is 0.438. The molecule has 1 aromatic carbocycles. The summed E-state index contributed by atoms with van der Waals surface area (Å²) in [6.45, 7) is 1.23. The summed E-state index contributed by atoms with van der Waals surface area (Å²) >= 11 is 1.62. The van der Waals surface area contributed by atoms with Gasteiger partial charge in [-0.1, -0.05) is 12.1 Å². The van der Waals surface area contributed by atoms with E-state index in [2.05, 4.69) is 10.3 Å². The molecule has 0 aliphatic carbocycles. The molecule has 128 valence electrons. The van der Waals surface area contributed by atoms with Crippen LogP contribution in [0.3, 0.4) is 0 Å². The molecule has 3 rings (SSSR count). The summed E-state index contributed by atoms with van der Waals surface area (Å²) in [5.41, 5.74) is 1.87. The molecular weight excluding hydrogens is 328 g/mol. The summed E-state index contributed by atoms with van der Waals surface area (Å²) in [6.07, 6.45) is 2.49. The molecule has 2 amide bonds. The summed E-state index contributed by atoms with van der Waals surface area (Å²) in [7, 11) is 1.33. The van der Waals surface area contributed by atoms with Gasteiger partial charge in [0.25, 0.3) is 0 Å². The number of urea groups is 1. The molecule has 1 unspecified atom stereocenters. The molecule has 0 fully saturated rings. The molecule has 1 N–H and O–H groups in total. The molecule has 0 saturated heterocycles. The van der Waals surface area contributed by atoms with Crippen LogP contribution in [0.2, 0.25) is 0 Å². The van der Waals surface area contributed by atoms with Crippen LogP contribution >= 0.6 is 11.8 Å². The Morgan fingerprint density at radius 3 is 2.92 bits per heavy atom. The molecule has 24 heavy (non-hydrogen) atoms. The van der Waals surface area contributed by atoms with Gasteiger partial charge in [0.05, 0.1) is 18.1 Å². The first kappa shape index (κ1) is 16.6. The minimum Gasteiger partial charge on any atom is -0.467 e. The summed E-state index contributed by atoms with van der Waals surface area (Å²) in [6, 6.07) is 6.82. The van der Waals surface area contributed by atoms with E-state index >= 15 is 0 Å². The number of carbonyl (C=O) groups is 2. The molecule has 0 radical (unpaired) electrons. The van der Waals surface area contributed by atoms with E-state index in [0.29, 0.717) is 25.5 Å². The van der Waals surface area contributed by atoms with E-state index in [1.165, 1.54) is 7.11 Å². The van der Waals surface area contributed by atoms with Crippen molar-refractivity contribution in [1.82, 2.24) is 14.9 Å². The second-order valence-corrected chi connectivity index (χ2v) is 6.50. The van der Waals surface area contributed by atoms with Crippen LogP contribution in [-0.4, -0.2) is 53.3 Å². The molecule has 1 aromatic heterocycles. The van der Waals surface area contributed by atoms with Crippen LogP contribution < -0.4 is 10.2 Å². The quantitative estimate of drug-likeness (QED) is 0.835. The number of fused-ring (bicyclic) bond motifs is 3. The summed E-state index contributed by atoms with van der Waals surface area (Å²) in [5.74, 6) is 0.950. The average Bonchev–Trinajstić information content (AvgIpc) is 3.16. The van der Waals surface area contributed by atoms with Gasteiger partial charge in [-0.25, -0.2) is 14.6 Å². The van der Waals surface area contributed by atoms with E-state index < -0.39 is 12.0 Å². The standard InChI is InChI=1S/C16H20N4O3S/c1-23-14(21)12(7-10-24-2)18-16(22)20-9-8-19-13-6-4-3-5-11(13)17-15(19)20/h3-6,12H,7-10H2,1-2H3,(H,18,22). The molecule has 1 aliphatic rings. The lowest BCUT2D eigenvalue weighted by molar-refractivity contribution is -0.142. The smallest absolute Gasteiger partial charge is 0.328 e. The maximum absolute atomic E-state index is 12.6. The number of rotatable bonds is 5. The van der Waals surface area contributed by atoms with Gasteiger partial charge in [-0.2, -0.15) is 11.8 Å². The van der Waals surface area contributed by atoms with Crippen LogP contribution in [0.4, 0.5) is 10.7 Å². The Kier molecular flexibility index (Phi) is 4.94. The van der Waals surface area contributed by atoms with Crippen molar-refractivity contribution >= 4 is 40.7 Å². The average molecular weight is 348 g/mol. The van der Waals surface area contributed by atoms with Crippen molar-refractivity contribution in [1.29, 1.82) is 0 Å². The van der Waals surface area contributed by atoms with Crippen LogP contribution in [0.25, 0.3) is 11.0 Å². The third kappa shape index (κ3) is 3.06. The van der Waals surface area contributed by atoms with E-state index in [1.54, 1.807) is 16.7 Å². The van der Waals surface area contributed by atoms with Crippen molar-refractivity contribution in [3.63, 3.8) is 0 Å². The highest BCUT2D eigenvalue weighted by Crippen LogP contribution is 2.27. The van der Waals surface area contributed by atoms with E-state index in [-0.39, 0.29) is 6.03 Å². The third-order valence-corrected chi connectivity index (χ3v) is 4.71. The molecular formula is C16H20N4O3S. The molecule has 0 saturated carbocycles. The monoisotopic (exact) mass is 348 g/mol. The summed E-state index contributed by atoms with van der Waals surface area (Å²) < 4.78 is 6.81. The van der Waals surface area contributed by atoms with Gasteiger partial charge in [0, 0.05) is 13.1 Å². The predicted octanol–water partition coefficient (Wildman–Crippen LogP) is 1.86. The number of esters is 1. The number of hydrogen-bond acceptors (Lipinski definition) is 5. The molecule has 2 heterocycles. The SMILES string of the molecule is COC(=O)C(CCSC)NC(=O)N1CCn2c1nc1ccccc12. The Balaban J connectivity index is 1.78. The molecule has 2 aromatic rings. The van der Waals surface area contributed by atoms with Crippen molar-refractivity contribution in [3.05, 3.63) is 24.3 Å². The number of methoxy groups -OCH3 is 1. The number of thioether (sulfide) groups is 1. The number of nitrogens with zero attached hydrogens (tertiary/aromatic N) is 3. The van der Waals surface area contributed by atoms with Gasteiger partial charge in [0.1, 0.15) is 6.04 Å². The van der Waals surface area contributed by atoms with Crippen molar-refractivity contribution in [2.75, 3.05) is 30.6 Å². The molecule has 0 spiro atoms. The van der Waals surface area contributed by atoms with Crippen LogP contribution in [0.15, 0.2) is 24.3 Å². The lowest BCUT2D eigenvalue weighted by Crippen LogP contribution is -2.48.